The highest BCUT2D eigenvalue weighted by Crippen LogP contribution is 2.08. The minimum atomic E-state index is -0.406. The summed E-state index contributed by atoms with van der Waals surface area (Å²) in [6, 6.07) is 1.65. The van der Waals surface area contributed by atoms with Crippen LogP contribution < -0.4 is 5.32 Å². The molecule has 0 bridgehead atoms. The van der Waals surface area contributed by atoms with Crippen molar-refractivity contribution in [1.29, 1.82) is 0 Å². The summed E-state index contributed by atoms with van der Waals surface area (Å²) in [7, 11) is 1.34. The third-order valence-electron chi connectivity index (χ3n) is 2.39. The summed E-state index contributed by atoms with van der Waals surface area (Å²) in [5.74, 6) is 0.253. The summed E-state index contributed by atoms with van der Waals surface area (Å²) in [6.07, 6.45) is 1.11. The van der Waals surface area contributed by atoms with Crippen LogP contribution in [0.4, 0.5) is 0 Å². The topological polar surface area (TPSA) is 69.9 Å². The SMILES string of the molecule is CCOC(CNCc1cc(C(=O)OC)co1)OCC. The van der Waals surface area contributed by atoms with Gasteiger partial charge in [0.25, 0.3) is 0 Å². The summed E-state index contributed by atoms with van der Waals surface area (Å²) in [4.78, 5) is 11.2. The van der Waals surface area contributed by atoms with Crippen molar-refractivity contribution in [2.24, 2.45) is 0 Å². The van der Waals surface area contributed by atoms with Crippen LogP contribution in [-0.4, -0.2) is 39.1 Å². The van der Waals surface area contributed by atoms with Crippen LogP contribution in [0.1, 0.15) is 30.0 Å². The lowest BCUT2D eigenvalue weighted by Gasteiger charge is -2.16. The molecule has 1 heterocycles. The molecule has 0 unspecified atom stereocenters. The predicted octanol–water partition coefficient (Wildman–Crippen LogP) is 1.55. The Morgan fingerprint density at radius 2 is 2.05 bits per heavy atom. The molecule has 0 aliphatic carbocycles. The van der Waals surface area contributed by atoms with E-state index in [2.05, 4.69) is 10.1 Å². The Hall–Kier alpha value is -1.37. The van der Waals surface area contributed by atoms with Gasteiger partial charge in [-0.2, -0.15) is 0 Å². The van der Waals surface area contributed by atoms with E-state index in [0.29, 0.717) is 37.6 Å². The lowest BCUT2D eigenvalue weighted by Crippen LogP contribution is -2.31. The predicted molar refractivity (Wildman–Crippen MR) is 68.8 cm³/mol. The fourth-order valence-electron chi connectivity index (χ4n) is 1.55. The Kier molecular flexibility index (Phi) is 7.17. The zero-order valence-electron chi connectivity index (χ0n) is 11.6. The minimum Gasteiger partial charge on any atom is -0.467 e. The zero-order valence-corrected chi connectivity index (χ0v) is 11.6. The van der Waals surface area contributed by atoms with E-state index < -0.39 is 5.97 Å². The highest BCUT2D eigenvalue weighted by atomic mass is 16.7. The maximum atomic E-state index is 11.2. The van der Waals surface area contributed by atoms with E-state index in [4.69, 9.17) is 13.9 Å². The Morgan fingerprint density at radius 1 is 1.37 bits per heavy atom. The number of nitrogens with one attached hydrogen (secondary N) is 1. The maximum Gasteiger partial charge on any atom is 0.341 e. The van der Waals surface area contributed by atoms with Gasteiger partial charge < -0.3 is 23.9 Å². The van der Waals surface area contributed by atoms with E-state index in [0.717, 1.165) is 0 Å². The standard InChI is InChI=1S/C13H21NO5/c1-4-17-12(18-5-2)8-14-7-11-6-10(9-19-11)13(15)16-3/h6,9,12,14H,4-5,7-8H2,1-3H3. The molecule has 0 saturated carbocycles. The lowest BCUT2D eigenvalue weighted by atomic mass is 10.3. The largest absolute Gasteiger partial charge is 0.467 e. The molecule has 0 aromatic carbocycles. The van der Waals surface area contributed by atoms with Gasteiger partial charge >= 0.3 is 5.97 Å². The number of rotatable bonds is 9. The van der Waals surface area contributed by atoms with E-state index in [-0.39, 0.29) is 6.29 Å². The number of carbonyl (C=O) groups excluding carboxylic acids is 1. The van der Waals surface area contributed by atoms with Crippen molar-refractivity contribution in [1.82, 2.24) is 5.32 Å². The third-order valence-corrected chi connectivity index (χ3v) is 2.39. The molecule has 6 nitrogen and oxygen atoms in total. The summed E-state index contributed by atoms with van der Waals surface area (Å²) in [5.41, 5.74) is 0.408. The van der Waals surface area contributed by atoms with Crippen molar-refractivity contribution in [2.45, 2.75) is 26.7 Å². The number of hydrogen-bond donors (Lipinski definition) is 1. The molecule has 0 spiro atoms. The van der Waals surface area contributed by atoms with Crippen LogP contribution in [0.2, 0.25) is 0 Å². The number of esters is 1. The third kappa shape index (κ3) is 5.42. The van der Waals surface area contributed by atoms with Gasteiger partial charge in [0.15, 0.2) is 6.29 Å². The molecule has 0 aliphatic rings. The summed E-state index contributed by atoms with van der Waals surface area (Å²) in [6.45, 7) is 6.07. The number of ether oxygens (including phenoxy) is 3. The average molecular weight is 271 g/mol. The average Bonchev–Trinajstić information content (AvgIpc) is 2.87. The Bertz CT molecular complexity index is 371. The van der Waals surface area contributed by atoms with Gasteiger partial charge in [-0.1, -0.05) is 0 Å². The van der Waals surface area contributed by atoms with Crippen LogP contribution in [0.5, 0.6) is 0 Å². The van der Waals surface area contributed by atoms with E-state index >= 15 is 0 Å². The number of furan rings is 1. The molecule has 1 aromatic heterocycles. The summed E-state index contributed by atoms with van der Waals surface area (Å²) in [5, 5.41) is 3.15. The van der Waals surface area contributed by atoms with Crippen molar-refractivity contribution in [3.63, 3.8) is 0 Å². The lowest BCUT2D eigenvalue weighted by molar-refractivity contribution is -0.133. The second-order valence-corrected chi connectivity index (χ2v) is 3.76. The van der Waals surface area contributed by atoms with Gasteiger partial charge in [0.1, 0.15) is 12.0 Å². The zero-order chi connectivity index (χ0) is 14.1. The molecule has 1 N–H and O–H groups in total. The first-order valence-electron chi connectivity index (χ1n) is 6.30. The molecule has 0 aliphatic heterocycles. The van der Waals surface area contributed by atoms with Gasteiger partial charge in [-0.3, -0.25) is 0 Å². The molecular formula is C13H21NO5. The first-order valence-corrected chi connectivity index (χ1v) is 6.30. The van der Waals surface area contributed by atoms with Crippen LogP contribution in [0, 0.1) is 0 Å². The first kappa shape index (κ1) is 15.7. The Balaban J connectivity index is 2.35. The van der Waals surface area contributed by atoms with Gasteiger partial charge in [0, 0.05) is 19.8 Å². The van der Waals surface area contributed by atoms with Gasteiger partial charge in [0.2, 0.25) is 0 Å². The van der Waals surface area contributed by atoms with Gasteiger partial charge in [0.05, 0.1) is 19.2 Å². The number of methoxy groups -OCH3 is 1. The van der Waals surface area contributed by atoms with E-state index in [1.165, 1.54) is 13.4 Å². The smallest absolute Gasteiger partial charge is 0.341 e. The van der Waals surface area contributed by atoms with Crippen molar-refractivity contribution in [3.8, 4) is 0 Å². The van der Waals surface area contributed by atoms with E-state index in [1.807, 2.05) is 13.8 Å². The van der Waals surface area contributed by atoms with Crippen LogP contribution in [-0.2, 0) is 20.8 Å². The van der Waals surface area contributed by atoms with Crippen molar-refractivity contribution in [2.75, 3.05) is 26.9 Å². The molecule has 1 rings (SSSR count). The molecule has 19 heavy (non-hydrogen) atoms. The number of carbonyl (C=O) groups is 1. The van der Waals surface area contributed by atoms with Crippen LogP contribution in [0.25, 0.3) is 0 Å². The molecule has 1 aromatic rings. The molecule has 108 valence electrons. The molecular weight excluding hydrogens is 250 g/mol. The second-order valence-electron chi connectivity index (χ2n) is 3.76. The summed E-state index contributed by atoms with van der Waals surface area (Å²) < 4.78 is 20.6. The van der Waals surface area contributed by atoms with Gasteiger partial charge in [-0.25, -0.2) is 4.79 Å². The second kappa shape index (κ2) is 8.68. The fraction of sp³-hybridized carbons (Fsp3) is 0.615. The molecule has 0 saturated heterocycles. The molecule has 0 radical (unpaired) electrons. The maximum absolute atomic E-state index is 11.2. The fourth-order valence-corrected chi connectivity index (χ4v) is 1.55. The normalized spacial score (nSPS) is 10.9. The van der Waals surface area contributed by atoms with Crippen molar-refractivity contribution >= 4 is 5.97 Å². The molecule has 6 heteroatoms. The van der Waals surface area contributed by atoms with Crippen LogP contribution in [0.3, 0.4) is 0 Å². The first-order chi connectivity index (χ1) is 9.21. The monoisotopic (exact) mass is 271 g/mol. The van der Waals surface area contributed by atoms with Crippen molar-refractivity contribution in [3.05, 3.63) is 23.7 Å². The molecule has 0 atom stereocenters. The van der Waals surface area contributed by atoms with E-state index in [9.17, 15) is 4.79 Å². The van der Waals surface area contributed by atoms with Crippen LogP contribution in [0.15, 0.2) is 16.7 Å². The van der Waals surface area contributed by atoms with Gasteiger partial charge in [-0.15, -0.1) is 0 Å². The quantitative estimate of drug-likeness (QED) is 0.543. The van der Waals surface area contributed by atoms with Gasteiger partial charge in [-0.05, 0) is 19.9 Å². The van der Waals surface area contributed by atoms with Crippen molar-refractivity contribution < 1.29 is 23.4 Å². The molecule has 0 fully saturated rings. The van der Waals surface area contributed by atoms with Crippen LogP contribution >= 0.6 is 0 Å². The van der Waals surface area contributed by atoms with E-state index in [1.54, 1.807) is 6.07 Å². The number of hydrogen-bond acceptors (Lipinski definition) is 6. The summed E-state index contributed by atoms with van der Waals surface area (Å²) >= 11 is 0. The highest BCUT2D eigenvalue weighted by molar-refractivity contribution is 5.88. The Labute approximate surface area is 113 Å². The molecule has 0 amide bonds. The minimum absolute atomic E-state index is 0.273. The highest BCUT2D eigenvalue weighted by Gasteiger charge is 2.11. The Morgan fingerprint density at radius 3 is 2.63 bits per heavy atom.